The highest BCUT2D eigenvalue weighted by Gasteiger charge is 2.32. The van der Waals surface area contributed by atoms with Crippen LogP contribution in [0.5, 0.6) is 0 Å². The highest BCUT2D eigenvalue weighted by molar-refractivity contribution is 6.29. The lowest BCUT2D eigenvalue weighted by Gasteiger charge is -2.39. The number of pyridine rings is 1. The summed E-state index contributed by atoms with van der Waals surface area (Å²) in [6.07, 6.45) is 14.6. The Labute approximate surface area is 127 Å². The maximum Gasteiger partial charge on any atom is 0.129 e. The molecule has 1 N–H and O–H groups in total. The van der Waals surface area contributed by atoms with Gasteiger partial charge in [0.15, 0.2) is 0 Å². The second kappa shape index (κ2) is 6.80. The predicted octanol–water partition coefficient (Wildman–Crippen LogP) is 5.29. The first kappa shape index (κ1) is 14.2. The zero-order valence-electron chi connectivity index (χ0n) is 12.2. The average molecular weight is 293 g/mol. The van der Waals surface area contributed by atoms with Gasteiger partial charge in [-0.25, -0.2) is 4.98 Å². The lowest BCUT2D eigenvalue weighted by molar-refractivity contribution is 0.180. The van der Waals surface area contributed by atoms with Crippen molar-refractivity contribution in [3.05, 3.63) is 23.5 Å². The molecule has 2 fully saturated rings. The molecule has 0 spiro atoms. The summed E-state index contributed by atoms with van der Waals surface area (Å²) in [5.41, 5.74) is 1.13. The van der Waals surface area contributed by atoms with Crippen molar-refractivity contribution in [2.75, 3.05) is 5.32 Å². The van der Waals surface area contributed by atoms with E-state index in [4.69, 9.17) is 11.6 Å². The maximum absolute atomic E-state index is 5.87. The molecule has 0 aliphatic heterocycles. The van der Waals surface area contributed by atoms with Crippen LogP contribution in [0.3, 0.4) is 0 Å². The fourth-order valence-electron chi connectivity index (χ4n) is 4.14. The summed E-state index contributed by atoms with van der Waals surface area (Å²) in [5, 5.41) is 4.31. The van der Waals surface area contributed by atoms with Gasteiger partial charge >= 0.3 is 0 Å². The van der Waals surface area contributed by atoms with Crippen LogP contribution in [0.25, 0.3) is 0 Å². The summed E-state index contributed by atoms with van der Waals surface area (Å²) in [5.74, 6) is 1.81. The molecule has 1 aromatic heterocycles. The van der Waals surface area contributed by atoms with Crippen LogP contribution in [0.4, 0.5) is 5.69 Å². The van der Waals surface area contributed by atoms with Crippen molar-refractivity contribution in [2.45, 2.75) is 63.8 Å². The molecule has 2 saturated carbocycles. The Morgan fingerprint density at radius 3 is 2.45 bits per heavy atom. The Balaban J connectivity index is 1.66. The number of hydrogen-bond donors (Lipinski definition) is 1. The van der Waals surface area contributed by atoms with E-state index in [1.165, 1.54) is 57.8 Å². The summed E-state index contributed by atoms with van der Waals surface area (Å²) in [4.78, 5) is 4.19. The van der Waals surface area contributed by atoms with E-state index in [-0.39, 0.29) is 0 Å². The van der Waals surface area contributed by atoms with Crippen LogP contribution in [0, 0.1) is 11.8 Å². The number of nitrogens with zero attached hydrogens (tertiary/aromatic N) is 1. The van der Waals surface area contributed by atoms with Crippen LogP contribution in [-0.2, 0) is 0 Å². The zero-order valence-corrected chi connectivity index (χ0v) is 12.9. The summed E-state index contributed by atoms with van der Waals surface area (Å²) in [7, 11) is 0. The Morgan fingerprint density at radius 1 is 0.950 bits per heavy atom. The van der Waals surface area contributed by atoms with Crippen molar-refractivity contribution in [3.63, 3.8) is 0 Å². The lowest BCUT2D eigenvalue weighted by atomic mass is 9.71. The number of hydrogen-bond acceptors (Lipinski definition) is 2. The van der Waals surface area contributed by atoms with Gasteiger partial charge < -0.3 is 5.32 Å². The number of anilines is 1. The Kier molecular flexibility index (Phi) is 4.82. The molecule has 20 heavy (non-hydrogen) atoms. The van der Waals surface area contributed by atoms with Gasteiger partial charge in [0.2, 0.25) is 0 Å². The van der Waals surface area contributed by atoms with Gasteiger partial charge in [-0.1, -0.05) is 56.5 Å². The van der Waals surface area contributed by atoms with Crippen molar-refractivity contribution in [3.8, 4) is 0 Å². The normalized spacial score (nSPS) is 28.2. The Hall–Kier alpha value is -0.760. The first-order valence-corrected chi connectivity index (χ1v) is 8.59. The van der Waals surface area contributed by atoms with Crippen molar-refractivity contribution in [1.82, 2.24) is 4.98 Å². The molecule has 0 amide bonds. The lowest BCUT2D eigenvalue weighted by Crippen LogP contribution is -2.37. The molecule has 0 aromatic carbocycles. The third-order valence-electron chi connectivity index (χ3n) is 5.15. The monoisotopic (exact) mass is 292 g/mol. The molecular weight excluding hydrogens is 268 g/mol. The molecular formula is C17H25ClN2. The smallest absolute Gasteiger partial charge is 0.129 e. The van der Waals surface area contributed by atoms with Crippen LogP contribution in [0.1, 0.15) is 57.8 Å². The molecule has 2 aliphatic rings. The van der Waals surface area contributed by atoms with E-state index in [2.05, 4.69) is 16.4 Å². The maximum atomic E-state index is 5.87. The molecule has 1 aromatic rings. The molecule has 3 heteroatoms. The van der Waals surface area contributed by atoms with E-state index in [0.29, 0.717) is 11.2 Å². The summed E-state index contributed by atoms with van der Waals surface area (Å²) in [6, 6.07) is 4.57. The van der Waals surface area contributed by atoms with E-state index in [0.717, 1.165) is 17.5 Å². The third kappa shape index (κ3) is 3.46. The highest BCUT2D eigenvalue weighted by atomic mass is 35.5. The summed E-state index contributed by atoms with van der Waals surface area (Å²) in [6.45, 7) is 0. The summed E-state index contributed by atoms with van der Waals surface area (Å²) < 4.78 is 0. The van der Waals surface area contributed by atoms with E-state index >= 15 is 0 Å². The Bertz CT molecular complexity index is 412. The predicted molar refractivity (Wildman–Crippen MR) is 85.2 cm³/mol. The first-order valence-electron chi connectivity index (χ1n) is 8.21. The minimum Gasteiger partial charge on any atom is -0.381 e. The number of nitrogens with one attached hydrogen (secondary N) is 1. The molecule has 0 saturated heterocycles. The van der Waals surface area contributed by atoms with Crippen molar-refractivity contribution in [2.24, 2.45) is 11.8 Å². The van der Waals surface area contributed by atoms with Gasteiger partial charge in [0, 0.05) is 6.04 Å². The van der Waals surface area contributed by atoms with Crippen LogP contribution < -0.4 is 5.32 Å². The van der Waals surface area contributed by atoms with Gasteiger partial charge in [-0.05, 0) is 36.8 Å². The van der Waals surface area contributed by atoms with Crippen LogP contribution in [0.2, 0.25) is 5.15 Å². The average Bonchev–Trinajstić information content (AvgIpc) is 2.51. The van der Waals surface area contributed by atoms with Crippen molar-refractivity contribution in [1.29, 1.82) is 0 Å². The van der Waals surface area contributed by atoms with Gasteiger partial charge in [0.05, 0.1) is 11.9 Å². The van der Waals surface area contributed by atoms with Gasteiger partial charge in [-0.2, -0.15) is 0 Å². The van der Waals surface area contributed by atoms with E-state index in [1.807, 2.05) is 12.3 Å². The molecule has 2 nitrogen and oxygen atoms in total. The minimum atomic E-state index is 0.572. The van der Waals surface area contributed by atoms with Crippen LogP contribution >= 0.6 is 11.6 Å². The second-order valence-electron chi connectivity index (χ2n) is 6.47. The molecule has 2 aliphatic carbocycles. The highest BCUT2D eigenvalue weighted by Crippen LogP contribution is 2.39. The molecule has 2 unspecified atom stereocenters. The van der Waals surface area contributed by atoms with Gasteiger partial charge in [0.1, 0.15) is 5.15 Å². The van der Waals surface area contributed by atoms with Crippen LogP contribution in [0.15, 0.2) is 18.3 Å². The van der Waals surface area contributed by atoms with E-state index in [1.54, 1.807) is 0 Å². The number of halogens is 1. The quantitative estimate of drug-likeness (QED) is 0.766. The standard InChI is InChI=1S/C17H25ClN2/c18-17-11-10-14(12-19-17)20-16-9-5-4-8-15(16)13-6-2-1-3-7-13/h10-13,15-16,20H,1-9H2. The van der Waals surface area contributed by atoms with E-state index in [9.17, 15) is 0 Å². The summed E-state index contributed by atoms with van der Waals surface area (Å²) >= 11 is 5.87. The number of aromatic nitrogens is 1. The third-order valence-corrected chi connectivity index (χ3v) is 5.38. The van der Waals surface area contributed by atoms with Gasteiger partial charge in [-0.3, -0.25) is 0 Å². The fourth-order valence-corrected chi connectivity index (χ4v) is 4.25. The van der Waals surface area contributed by atoms with E-state index < -0.39 is 0 Å². The molecule has 0 radical (unpaired) electrons. The number of rotatable bonds is 3. The largest absolute Gasteiger partial charge is 0.381 e. The molecule has 2 atom stereocenters. The Morgan fingerprint density at radius 2 is 1.70 bits per heavy atom. The first-order chi connectivity index (χ1) is 9.83. The van der Waals surface area contributed by atoms with Crippen molar-refractivity contribution < 1.29 is 0 Å². The topological polar surface area (TPSA) is 24.9 Å². The molecule has 1 heterocycles. The van der Waals surface area contributed by atoms with Gasteiger partial charge in [-0.15, -0.1) is 0 Å². The SMILES string of the molecule is Clc1ccc(NC2CCCCC2C2CCCCC2)cn1. The van der Waals surface area contributed by atoms with Gasteiger partial charge in [0.25, 0.3) is 0 Å². The van der Waals surface area contributed by atoms with Crippen LogP contribution in [-0.4, -0.2) is 11.0 Å². The fraction of sp³-hybridized carbons (Fsp3) is 0.706. The molecule has 0 bridgehead atoms. The molecule has 110 valence electrons. The minimum absolute atomic E-state index is 0.572. The van der Waals surface area contributed by atoms with Crippen molar-refractivity contribution >= 4 is 17.3 Å². The second-order valence-corrected chi connectivity index (χ2v) is 6.85. The molecule has 3 rings (SSSR count). The zero-order chi connectivity index (χ0) is 13.8.